The van der Waals surface area contributed by atoms with Crippen LogP contribution in [0.2, 0.25) is 0 Å². The fourth-order valence-electron chi connectivity index (χ4n) is 3.25. The molecule has 1 heterocycles. The van der Waals surface area contributed by atoms with E-state index in [1.54, 1.807) is 60.7 Å². The molecule has 1 amide bonds. The summed E-state index contributed by atoms with van der Waals surface area (Å²) in [7, 11) is 0. The second-order valence-corrected chi connectivity index (χ2v) is 7.40. The Hall–Kier alpha value is -3.30. The summed E-state index contributed by atoms with van der Waals surface area (Å²) >= 11 is 5.07. The van der Waals surface area contributed by atoms with Crippen molar-refractivity contribution in [1.29, 1.82) is 0 Å². The van der Waals surface area contributed by atoms with Gasteiger partial charge in [-0.05, 0) is 24.3 Å². The van der Waals surface area contributed by atoms with Crippen molar-refractivity contribution < 1.29 is 28.6 Å². The highest BCUT2D eigenvalue weighted by Gasteiger charge is 2.49. The molecule has 0 unspecified atom stereocenters. The highest BCUT2D eigenvalue weighted by molar-refractivity contribution is 7.80. The molecule has 9 heteroatoms. The minimum absolute atomic E-state index is 0.0434. The van der Waals surface area contributed by atoms with Crippen LogP contribution in [0.3, 0.4) is 0 Å². The lowest BCUT2D eigenvalue weighted by atomic mass is 10.0. The lowest BCUT2D eigenvalue weighted by Crippen LogP contribution is -2.51. The largest absolute Gasteiger partial charge is 0.459 e. The highest BCUT2D eigenvalue weighted by Crippen LogP contribution is 2.26. The number of thiocarbonyl (C=S) groups is 1. The van der Waals surface area contributed by atoms with E-state index in [1.807, 2.05) is 0 Å². The van der Waals surface area contributed by atoms with E-state index in [2.05, 4.69) is 5.32 Å². The first kappa shape index (κ1) is 22.4. The number of hydrogen-bond donors (Lipinski definition) is 2. The fraction of sp³-hybridized carbons (Fsp3) is 0.273. The van der Waals surface area contributed by atoms with E-state index in [1.165, 1.54) is 6.92 Å². The molecule has 2 aromatic carbocycles. The zero-order chi connectivity index (χ0) is 22.4. The van der Waals surface area contributed by atoms with Gasteiger partial charge in [-0.3, -0.25) is 4.79 Å². The Bertz CT molecular complexity index is 953. The van der Waals surface area contributed by atoms with E-state index in [9.17, 15) is 14.4 Å². The molecule has 3 rings (SSSR count). The van der Waals surface area contributed by atoms with Crippen LogP contribution in [-0.4, -0.2) is 53.8 Å². The number of ether oxygens (including phenoxy) is 3. The predicted octanol–water partition coefficient (Wildman–Crippen LogP) is 1.63. The molecule has 1 aliphatic rings. The van der Waals surface area contributed by atoms with Gasteiger partial charge >= 0.3 is 11.9 Å². The van der Waals surface area contributed by atoms with Crippen molar-refractivity contribution in [3.8, 4) is 0 Å². The van der Waals surface area contributed by atoms with Crippen molar-refractivity contribution >= 4 is 35.1 Å². The zero-order valence-electron chi connectivity index (χ0n) is 16.7. The number of amides is 1. The second-order valence-electron chi connectivity index (χ2n) is 6.92. The van der Waals surface area contributed by atoms with Crippen LogP contribution < -0.4 is 11.1 Å². The Kier molecular flexibility index (Phi) is 7.32. The molecule has 4 atom stereocenters. The van der Waals surface area contributed by atoms with Crippen molar-refractivity contribution in [2.24, 2.45) is 5.73 Å². The number of rotatable bonds is 7. The molecule has 0 bridgehead atoms. The number of esters is 2. The van der Waals surface area contributed by atoms with Crippen LogP contribution in [0.5, 0.6) is 0 Å². The minimum Gasteiger partial charge on any atom is -0.459 e. The van der Waals surface area contributed by atoms with Crippen molar-refractivity contribution in [3.63, 3.8) is 0 Å². The van der Waals surface area contributed by atoms with Gasteiger partial charge in [0, 0.05) is 6.92 Å². The zero-order valence-corrected chi connectivity index (χ0v) is 17.5. The number of carbonyl (C=O) groups is 3. The molecule has 0 saturated carbocycles. The summed E-state index contributed by atoms with van der Waals surface area (Å²) in [5.74, 6) is -1.55. The molecule has 1 fully saturated rings. The standard InChI is InChI=1S/C22H22N2O6S/c1-13(25)24-17-16(12-28-21(26)14-8-4-2-5-9-14)29-19(20(23)31)18(17)30-22(27)15-10-6-3-7-11-15/h2-11,16-19H,12H2,1H3,(H2,23,31)(H,24,25)/t16-,17+,18-,19-/m1/s1. The van der Waals surface area contributed by atoms with E-state index >= 15 is 0 Å². The van der Waals surface area contributed by atoms with Crippen molar-refractivity contribution in [1.82, 2.24) is 5.32 Å². The van der Waals surface area contributed by atoms with Crippen LogP contribution in [0.1, 0.15) is 27.6 Å². The van der Waals surface area contributed by atoms with Gasteiger partial charge in [0.15, 0.2) is 6.10 Å². The fourth-order valence-corrected chi connectivity index (χ4v) is 3.44. The smallest absolute Gasteiger partial charge is 0.338 e. The summed E-state index contributed by atoms with van der Waals surface area (Å²) in [4.78, 5) is 36.6. The average molecular weight is 442 g/mol. The molecular formula is C22H22N2O6S. The van der Waals surface area contributed by atoms with Gasteiger partial charge < -0.3 is 25.3 Å². The van der Waals surface area contributed by atoms with Crippen LogP contribution in [0.4, 0.5) is 0 Å². The number of hydrogen-bond acceptors (Lipinski definition) is 7. The van der Waals surface area contributed by atoms with Gasteiger partial charge in [-0.1, -0.05) is 48.6 Å². The maximum Gasteiger partial charge on any atom is 0.338 e. The number of nitrogens with two attached hydrogens (primary N) is 1. The molecule has 0 radical (unpaired) electrons. The summed E-state index contributed by atoms with van der Waals surface area (Å²) < 4.78 is 16.8. The molecule has 0 aromatic heterocycles. The topological polar surface area (TPSA) is 117 Å². The Morgan fingerprint density at radius 1 is 1.00 bits per heavy atom. The van der Waals surface area contributed by atoms with E-state index in [0.29, 0.717) is 11.1 Å². The second kappa shape index (κ2) is 10.1. The third kappa shape index (κ3) is 5.65. The normalized spacial score (nSPS) is 22.4. The molecular weight excluding hydrogens is 420 g/mol. The van der Waals surface area contributed by atoms with Crippen LogP contribution >= 0.6 is 12.2 Å². The number of carbonyl (C=O) groups excluding carboxylic acids is 3. The highest BCUT2D eigenvalue weighted by atomic mass is 32.1. The molecule has 1 saturated heterocycles. The van der Waals surface area contributed by atoms with Gasteiger partial charge in [-0.2, -0.15) is 0 Å². The number of nitrogens with one attached hydrogen (secondary N) is 1. The lowest BCUT2D eigenvalue weighted by molar-refractivity contribution is -0.120. The molecule has 31 heavy (non-hydrogen) atoms. The molecule has 0 aliphatic carbocycles. The molecule has 3 N–H and O–H groups in total. The molecule has 1 aliphatic heterocycles. The average Bonchev–Trinajstić information content (AvgIpc) is 3.10. The van der Waals surface area contributed by atoms with Crippen LogP contribution in [0, 0.1) is 0 Å². The SMILES string of the molecule is CC(=O)N[C@@H]1[C@@H](OC(=O)c2ccccc2)[C@H](C(N)=S)O[C@@H]1COC(=O)c1ccccc1. The van der Waals surface area contributed by atoms with Gasteiger partial charge in [0.1, 0.15) is 23.8 Å². The Morgan fingerprint density at radius 3 is 2.06 bits per heavy atom. The monoisotopic (exact) mass is 442 g/mol. The Labute approximate surface area is 184 Å². The summed E-state index contributed by atoms with van der Waals surface area (Å²) in [6.07, 6.45) is -2.77. The van der Waals surface area contributed by atoms with E-state index in [0.717, 1.165) is 0 Å². The molecule has 162 valence electrons. The molecule has 8 nitrogen and oxygen atoms in total. The van der Waals surface area contributed by atoms with Crippen LogP contribution in [-0.2, 0) is 19.0 Å². The third-order valence-corrected chi connectivity index (χ3v) is 4.90. The maximum atomic E-state index is 12.6. The minimum atomic E-state index is -0.991. The lowest BCUT2D eigenvalue weighted by Gasteiger charge is -2.24. The molecule has 2 aromatic rings. The van der Waals surface area contributed by atoms with Gasteiger partial charge in [-0.15, -0.1) is 0 Å². The first-order valence-corrected chi connectivity index (χ1v) is 9.97. The third-order valence-electron chi connectivity index (χ3n) is 4.67. The maximum absolute atomic E-state index is 12.6. The Morgan fingerprint density at radius 2 is 1.55 bits per heavy atom. The first-order valence-electron chi connectivity index (χ1n) is 9.57. The van der Waals surface area contributed by atoms with Crippen molar-refractivity contribution in [3.05, 3.63) is 71.8 Å². The summed E-state index contributed by atoms with van der Waals surface area (Å²) in [5, 5.41) is 2.70. The van der Waals surface area contributed by atoms with Crippen molar-refractivity contribution in [2.45, 2.75) is 31.3 Å². The van der Waals surface area contributed by atoms with Gasteiger partial charge in [0.25, 0.3) is 0 Å². The van der Waals surface area contributed by atoms with Gasteiger partial charge in [-0.25, -0.2) is 9.59 Å². The van der Waals surface area contributed by atoms with Crippen LogP contribution in [0.15, 0.2) is 60.7 Å². The van der Waals surface area contributed by atoms with Crippen LogP contribution in [0.25, 0.3) is 0 Å². The van der Waals surface area contributed by atoms with E-state index < -0.39 is 36.3 Å². The summed E-state index contributed by atoms with van der Waals surface area (Å²) in [6, 6.07) is 16.0. The quantitative estimate of drug-likeness (QED) is 0.491. The summed E-state index contributed by atoms with van der Waals surface area (Å²) in [5.41, 5.74) is 6.49. The summed E-state index contributed by atoms with van der Waals surface area (Å²) in [6.45, 7) is 1.12. The van der Waals surface area contributed by atoms with Gasteiger partial charge in [0.05, 0.1) is 17.2 Å². The predicted molar refractivity (Wildman–Crippen MR) is 115 cm³/mol. The number of benzene rings is 2. The van der Waals surface area contributed by atoms with Gasteiger partial charge in [0.2, 0.25) is 5.91 Å². The van der Waals surface area contributed by atoms with E-state index in [-0.39, 0.29) is 17.5 Å². The van der Waals surface area contributed by atoms with E-state index in [4.69, 9.17) is 32.2 Å². The Balaban J connectivity index is 1.77. The first-order chi connectivity index (χ1) is 14.9. The van der Waals surface area contributed by atoms with Crippen molar-refractivity contribution in [2.75, 3.05) is 6.61 Å². The molecule has 0 spiro atoms.